The summed E-state index contributed by atoms with van der Waals surface area (Å²) in [4.78, 5) is 14.9. The van der Waals surface area contributed by atoms with Crippen molar-refractivity contribution < 1.29 is 14.3 Å². The fourth-order valence-electron chi connectivity index (χ4n) is 3.08. The van der Waals surface area contributed by atoms with Gasteiger partial charge in [0, 0.05) is 23.5 Å². The quantitative estimate of drug-likeness (QED) is 0.781. The molecule has 2 aromatic carbocycles. The van der Waals surface area contributed by atoms with E-state index >= 15 is 0 Å². The van der Waals surface area contributed by atoms with Gasteiger partial charge in [0.15, 0.2) is 0 Å². The van der Waals surface area contributed by atoms with E-state index in [1.165, 1.54) is 0 Å². The van der Waals surface area contributed by atoms with Crippen molar-refractivity contribution in [2.24, 2.45) is 0 Å². The number of carbonyl (C=O) groups is 1. The zero-order valence-corrected chi connectivity index (χ0v) is 13.5. The number of amides is 1. The summed E-state index contributed by atoms with van der Waals surface area (Å²) in [5, 5.41) is 10.6. The third-order valence-electron chi connectivity index (χ3n) is 4.40. The van der Waals surface area contributed by atoms with Crippen molar-refractivity contribution in [2.75, 3.05) is 0 Å². The van der Waals surface area contributed by atoms with Crippen LogP contribution in [-0.4, -0.2) is 22.0 Å². The van der Waals surface area contributed by atoms with Crippen LogP contribution < -0.4 is 0 Å². The molecule has 0 unspecified atom stereocenters. The highest BCUT2D eigenvalue weighted by molar-refractivity contribution is 5.98. The molecule has 1 saturated carbocycles. The summed E-state index contributed by atoms with van der Waals surface area (Å²) in [7, 11) is 0. The molecule has 1 aliphatic rings. The molecule has 4 rings (SSSR count). The molecule has 1 N–H and O–H groups in total. The molecule has 4 nitrogen and oxygen atoms in total. The first-order valence-corrected chi connectivity index (χ1v) is 8.19. The fraction of sp³-hybridized carbons (Fsp3) is 0.250. The lowest BCUT2D eigenvalue weighted by Gasteiger charge is -2.23. The third kappa shape index (κ3) is 2.87. The predicted octanol–water partition coefficient (Wildman–Crippen LogP) is 4.25. The Hall–Kier alpha value is -2.75. The fourth-order valence-corrected chi connectivity index (χ4v) is 3.08. The van der Waals surface area contributed by atoms with E-state index in [0.29, 0.717) is 18.2 Å². The summed E-state index contributed by atoms with van der Waals surface area (Å²) in [6, 6.07) is 14.9. The molecule has 0 saturated heterocycles. The number of carbonyl (C=O) groups excluding carboxylic acids is 1. The Kier molecular flexibility index (Phi) is 3.53. The van der Waals surface area contributed by atoms with Crippen molar-refractivity contribution in [1.82, 2.24) is 4.90 Å². The Morgan fingerprint density at radius 3 is 2.79 bits per heavy atom. The zero-order valence-electron chi connectivity index (χ0n) is 13.5. The lowest BCUT2D eigenvalue weighted by molar-refractivity contribution is 0.0730. The van der Waals surface area contributed by atoms with E-state index in [2.05, 4.69) is 0 Å². The third-order valence-corrected chi connectivity index (χ3v) is 4.40. The number of phenolic OH excluding ortho intramolecular Hbond substituents is 1. The smallest absolute Gasteiger partial charge is 0.254 e. The molecular weight excluding hydrogens is 302 g/mol. The minimum absolute atomic E-state index is 0.0293. The predicted molar refractivity (Wildman–Crippen MR) is 92.0 cm³/mol. The van der Waals surface area contributed by atoms with Crippen LogP contribution in [0.4, 0.5) is 0 Å². The summed E-state index contributed by atoms with van der Waals surface area (Å²) in [6.07, 6.45) is 2.08. The van der Waals surface area contributed by atoms with Crippen LogP contribution in [0.15, 0.2) is 52.9 Å². The average molecular weight is 321 g/mol. The molecule has 0 atom stereocenters. The largest absolute Gasteiger partial charge is 0.508 e. The van der Waals surface area contributed by atoms with E-state index in [0.717, 1.165) is 35.1 Å². The molecule has 1 aliphatic carbocycles. The molecule has 1 aromatic heterocycles. The topological polar surface area (TPSA) is 53.7 Å². The van der Waals surface area contributed by atoms with E-state index in [-0.39, 0.29) is 11.7 Å². The molecule has 122 valence electrons. The first-order valence-electron chi connectivity index (χ1n) is 8.19. The summed E-state index contributed by atoms with van der Waals surface area (Å²) in [5.74, 6) is 1.10. The standard InChI is InChI=1S/C20H19NO3/c1-13-9-16-11-15(5-8-19(16)24-13)20(23)21(17-6-7-17)12-14-3-2-4-18(22)10-14/h2-5,8-11,17,22H,6-7,12H2,1H3. The minimum atomic E-state index is 0.0293. The molecule has 0 radical (unpaired) electrons. The van der Waals surface area contributed by atoms with Gasteiger partial charge in [0.05, 0.1) is 0 Å². The highest BCUT2D eigenvalue weighted by Gasteiger charge is 2.33. The van der Waals surface area contributed by atoms with Crippen molar-refractivity contribution in [3.63, 3.8) is 0 Å². The molecule has 24 heavy (non-hydrogen) atoms. The zero-order chi connectivity index (χ0) is 16.7. The number of aryl methyl sites for hydroxylation is 1. The van der Waals surface area contributed by atoms with E-state index < -0.39 is 0 Å². The normalized spacial score (nSPS) is 14.0. The number of hydrogen-bond donors (Lipinski definition) is 1. The second-order valence-electron chi connectivity index (χ2n) is 6.44. The van der Waals surface area contributed by atoms with E-state index in [4.69, 9.17) is 4.42 Å². The number of aromatic hydroxyl groups is 1. The number of hydrogen-bond acceptors (Lipinski definition) is 3. The molecule has 0 spiro atoms. The van der Waals surface area contributed by atoms with Gasteiger partial charge in [-0.15, -0.1) is 0 Å². The maximum atomic E-state index is 13.0. The molecule has 1 amide bonds. The van der Waals surface area contributed by atoms with Gasteiger partial charge in [-0.3, -0.25) is 4.79 Å². The summed E-state index contributed by atoms with van der Waals surface area (Å²) in [6.45, 7) is 2.42. The minimum Gasteiger partial charge on any atom is -0.508 e. The summed E-state index contributed by atoms with van der Waals surface area (Å²) < 4.78 is 5.58. The summed E-state index contributed by atoms with van der Waals surface area (Å²) >= 11 is 0. The van der Waals surface area contributed by atoms with Gasteiger partial charge in [0.2, 0.25) is 0 Å². The molecule has 0 aliphatic heterocycles. The first kappa shape index (κ1) is 14.8. The molecule has 4 heteroatoms. The average Bonchev–Trinajstić information content (AvgIpc) is 3.32. The van der Waals surface area contributed by atoms with Gasteiger partial charge in [-0.05, 0) is 61.7 Å². The molecule has 1 heterocycles. The Morgan fingerprint density at radius 2 is 2.04 bits per heavy atom. The van der Waals surface area contributed by atoms with Crippen LogP contribution in [0, 0.1) is 6.92 Å². The Bertz CT molecular complexity index is 908. The highest BCUT2D eigenvalue weighted by Crippen LogP contribution is 2.31. The van der Waals surface area contributed by atoms with E-state index in [1.54, 1.807) is 18.2 Å². The Labute approximate surface area is 140 Å². The van der Waals surface area contributed by atoms with Crippen LogP contribution in [0.5, 0.6) is 5.75 Å². The molecule has 1 fully saturated rings. The number of rotatable bonds is 4. The van der Waals surface area contributed by atoms with Crippen LogP contribution >= 0.6 is 0 Å². The second-order valence-corrected chi connectivity index (χ2v) is 6.44. The summed E-state index contributed by atoms with van der Waals surface area (Å²) in [5.41, 5.74) is 2.42. The van der Waals surface area contributed by atoms with Gasteiger partial charge < -0.3 is 14.4 Å². The van der Waals surface area contributed by atoms with Crippen LogP contribution in [0.25, 0.3) is 11.0 Å². The number of nitrogens with zero attached hydrogens (tertiary/aromatic N) is 1. The maximum Gasteiger partial charge on any atom is 0.254 e. The van der Waals surface area contributed by atoms with E-state index in [9.17, 15) is 9.90 Å². The van der Waals surface area contributed by atoms with Gasteiger partial charge in [-0.1, -0.05) is 12.1 Å². The SMILES string of the molecule is Cc1cc2cc(C(=O)N(Cc3cccc(O)c3)C3CC3)ccc2o1. The van der Waals surface area contributed by atoms with Crippen molar-refractivity contribution in [1.29, 1.82) is 0 Å². The van der Waals surface area contributed by atoms with Crippen molar-refractivity contribution in [3.05, 3.63) is 65.4 Å². The van der Waals surface area contributed by atoms with Crippen LogP contribution in [0.2, 0.25) is 0 Å². The van der Waals surface area contributed by atoms with E-state index in [1.807, 2.05) is 42.2 Å². The van der Waals surface area contributed by atoms with Crippen LogP contribution in [0.3, 0.4) is 0 Å². The number of phenols is 1. The van der Waals surface area contributed by atoms with Crippen molar-refractivity contribution >= 4 is 16.9 Å². The number of benzene rings is 2. The van der Waals surface area contributed by atoms with Gasteiger partial charge in [0.25, 0.3) is 5.91 Å². The number of furan rings is 1. The van der Waals surface area contributed by atoms with Crippen molar-refractivity contribution in [3.8, 4) is 5.75 Å². The van der Waals surface area contributed by atoms with Crippen LogP contribution in [-0.2, 0) is 6.54 Å². The van der Waals surface area contributed by atoms with Gasteiger partial charge in [-0.25, -0.2) is 0 Å². The Morgan fingerprint density at radius 1 is 1.21 bits per heavy atom. The Balaban J connectivity index is 1.63. The highest BCUT2D eigenvalue weighted by atomic mass is 16.3. The van der Waals surface area contributed by atoms with Gasteiger partial charge in [-0.2, -0.15) is 0 Å². The second kappa shape index (κ2) is 5.71. The van der Waals surface area contributed by atoms with Crippen molar-refractivity contribution in [2.45, 2.75) is 32.4 Å². The first-order chi connectivity index (χ1) is 11.6. The number of fused-ring (bicyclic) bond motifs is 1. The monoisotopic (exact) mass is 321 g/mol. The molecular formula is C20H19NO3. The molecule has 0 bridgehead atoms. The molecule has 3 aromatic rings. The van der Waals surface area contributed by atoms with Crippen LogP contribution in [0.1, 0.15) is 34.5 Å². The lowest BCUT2D eigenvalue weighted by atomic mass is 10.1. The lowest BCUT2D eigenvalue weighted by Crippen LogP contribution is -2.32. The van der Waals surface area contributed by atoms with Gasteiger partial charge in [0.1, 0.15) is 17.1 Å². The van der Waals surface area contributed by atoms with Gasteiger partial charge >= 0.3 is 0 Å². The maximum absolute atomic E-state index is 13.0.